The monoisotopic (exact) mass is 274 g/mol. The summed E-state index contributed by atoms with van der Waals surface area (Å²) in [5.74, 6) is -0.0797. The van der Waals surface area contributed by atoms with Crippen LogP contribution in [-0.4, -0.2) is 28.8 Å². The Kier molecular flexibility index (Phi) is 4.12. The maximum Gasteiger partial charge on any atom is 0.248 e. The number of hydrogen-bond acceptors (Lipinski definition) is 2. The van der Waals surface area contributed by atoms with Gasteiger partial charge < -0.3 is 10.2 Å². The summed E-state index contributed by atoms with van der Waals surface area (Å²) < 4.78 is 0. The van der Waals surface area contributed by atoms with E-state index >= 15 is 0 Å². The Hall–Kier alpha value is -1.84. The molecule has 0 aromatic heterocycles. The predicted molar refractivity (Wildman–Crippen MR) is 78.1 cm³/mol. The van der Waals surface area contributed by atoms with Gasteiger partial charge in [-0.25, -0.2) is 0 Å². The van der Waals surface area contributed by atoms with Crippen LogP contribution in [0.25, 0.3) is 0 Å². The number of carbonyl (C=O) groups excluding carboxylic acids is 2. The van der Waals surface area contributed by atoms with Crippen LogP contribution in [0.3, 0.4) is 0 Å². The number of hydrogen-bond donors (Lipinski definition) is 1. The molecule has 0 saturated carbocycles. The highest BCUT2D eigenvalue weighted by atomic mass is 16.2. The van der Waals surface area contributed by atoms with Gasteiger partial charge in [-0.1, -0.05) is 31.2 Å². The molecule has 108 valence electrons. The third-order valence-electron chi connectivity index (χ3n) is 3.74. The molecule has 1 aromatic carbocycles. The Balaban J connectivity index is 2.23. The minimum atomic E-state index is -0.825. The second kappa shape index (κ2) is 5.65. The lowest BCUT2D eigenvalue weighted by Gasteiger charge is -2.29. The fraction of sp³-hybridized carbons (Fsp3) is 0.500. The molecule has 0 bridgehead atoms. The van der Waals surface area contributed by atoms with Crippen LogP contribution in [0.15, 0.2) is 24.3 Å². The van der Waals surface area contributed by atoms with Gasteiger partial charge in [-0.2, -0.15) is 0 Å². The molecule has 0 radical (unpaired) electrons. The van der Waals surface area contributed by atoms with Gasteiger partial charge in [0.15, 0.2) is 0 Å². The van der Waals surface area contributed by atoms with Crippen molar-refractivity contribution in [3.63, 3.8) is 0 Å². The van der Waals surface area contributed by atoms with E-state index in [9.17, 15) is 9.59 Å². The molecule has 20 heavy (non-hydrogen) atoms. The summed E-state index contributed by atoms with van der Waals surface area (Å²) in [6.07, 6.45) is 1.31. The van der Waals surface area contributed by atoms with E-state index in [4.69, 9.17) is 0 Å². The number of aryl methyl sites for hydroxylation is 1. The van der Waals surface area contributed by atoms with E-state index in [1.165, 1.54) is 5.56 Å². The number of benzene rings is 1. The van der Waals surface area contributed by atoms with Crippen LogP contribution >= 0.6 is 0 Å². The molecule has 1 heterocycles. The minimum absolute atomic E-state index is 0.0192. The zero-order valence-corrected chi connectivity index (χ0v) is 12.4. The van der Waals surface area contributed by atoms with Crippen molar-refractivity contribution < 1.29 is 9.59 Å². The van der Waals surface area contributed by atoms with E-state index in [2.05, 4.69) is 24.4 Å². The molecule has 1 saturated heterocycles. The Morgan fingerprint density at radius 1 is 1.20 bits per heavy atom. The lowest BCUT2D eigenvalue weighted by molar-refractivity contribution is -0.137. The van der Waals surface area contributed by atoms with Crippen molar-refractivity contribution in [2.24, 2.45) is 0 Å². The Bertz CT molecular complexity index is 523. The van der Waals surface area contributed by atoms with Gasteiger partial charge in [0.2, 0.25) is 11.8 Å². The standard InChI is InChI=1S/C16H22N2O2/c1-4-12-7-5-6-8-13(12)11-18-10-9-14(19)17-16(2,3)15(18)20/h5-8H,4,9-11H2,1-3H3,(H,17,19). The molecule has 0 unspecified atom stereocenters. The summed E-state index contributed by atoms with van der Waals surface area (Å²) in [4.78, 5) is 26.0. The molecule has 1 N–H and O–H groups in total. The van der Waals surface area contributed by atoms with Crippen LogP contribution in [0.2, 0.25) is 0 Å². The van der Waals surface area contributed by atoms with E-state index in [1.807, 2.05) is 12.1 Å². The topological polar surface area (TPSA) is 49.4 Å². The van der Waals surface area contributed by atoms with Gasteiger partial charge in [-0.3, -0.25) is 9.59 Å². The highest BCUT2D eigenvalue weighted by Gasteiger charge is 2.36. The van der Waals surface area contributed by atoms with Crippen molar-refractivity contribution in [2.75, 3.05) is 6.54 Å². The Morgan fingerprint density at radius 3 is 2.50 bits per heavy atom. The van der Waals surface area contributed by atoms with Crippen LogP contribution in [0.1, 0.15) is 38.3 Å². The van der Waals surface area contributed by atoms with Crippen molar-refractivity contribution in [2.45, 2.75) is 45.7 Å². The van der Waals surface area contributed by atoms with E-state index < -0.39 is 5.54 Å². The van der Waals surface area contributed by atoms with Gasteiger partial charge in [0, 0.05) is 19.5 Å². The van der Waals surface area contributed by atoms with Gasteiger partial charge in [-0.05, 0) is 31.4 Å². The molecule has 4 heteroatoms. The third kappa shape index (κ3) is 3.00. The van der Waals surface area contributed by atoms with Crippen molar-refractivity contribution >= 4 is 11.8 Å². The Morgan fingerprint density at radius 2 is 1.85 bits per heavy atom. The fourth-order valence-electron chi connectivity index (χ4n) is 2.61. The number of rotatable bonds is 3. The van der Waals surface area contributed by atoms with E-state index in [0.29, 0.717) is 19.5 Å². The smallest absolute Gasteiger partial charge is 0.248 e. The first kappa shape index (κ1) is 14.6. The molecule has 1 aromatic rings. The van der Waals surface area contributed by atoms with Crippen LogP contribution in [0, 0.1) is 0 Å². The molecule has 4 nitrogen and oxygen atoms in total. The molecular weight excluding hydrogens is 252 g/mol. The van der Waals surface area contributed by atoms with Gasteiger partial charge in [0.25, 0.3) is 0 Å². The average molecular weight is 274 g/mol. The summed E-state index contributed by atoms with van der Waals surface area (Å²) in [6, 6.07) is 8.15. The highest BCUT2D eigenvalue weighted by molar-refractivity contribution is 5.92. The fourth-order valence-corrected chi connectivity index (χ4v) is 2.61. The average Bonchev–Trinajstić information content (AvgIpc) is 2.50. The molecule has 2 rings (SSSR count). The van der Waals surface area contributed by atoms with E-state index in [1.54, 1.807) is 18.7 Å². The van der Waals surface area contributed by atoms with Gasteiger partial charge in [-0.15, -0.1) is 0 Å². The van der Waals surface area contributed by atoms with Gasteiger partial charge in [0.1, 0.15) is 5.54 Å². The summed E-state index contributed by atoms with van der Waals surface area (Å²) in [7, 11) is 0. The first-order valence-electron chi connectivity index (χ1n) is 7.11. The largest absolute Gasteiger partial charge is 0.342 e. The number of nitrogens with zero attached hydrogens (tertiary/aromatic N) is 1. The first-order chi connectivity index (χ1) is 9.44. The van der Waals surface area contributed by atoms with Gasteiger partial charge >= 0.3 is 0 Å². The van der Waals surface area contributed by atoms with Crippen LogP contribution in [0.4, 0.5) is 0 Å². The number of carbonyl (C=O) groups is 2. The van der Waals surface area contributed by atoms with Crippen molar-refractivity contribution in [1.82, 2.24) is 10.2 Å². The van der Waals surface area contributed by atoms with E-state index in [0.717, 1.165) is 12.0 Å². The molecule has 2 amide bonds. The highest BCUT2D eigenvalue weighted by Crippen LogP contribution is 2.18. The van der Waals surface area contributed by atoms with Crippen LogP contribution in [-0.2, 0) is 22.6 Å². The molecule has 0 atom stereocenters. The SMILES string of the molecule is CCc1ccccc1CN1CCC(=O)NC(C)(C)C1=O. The second-order valence-electron chi connectivity index (χ2n) is 5.77. The lowest BCUT2D eigenvalue weighted by Crippen LogP contribution is -2.52. The molecule has 0 aliphatic carbocycles. The molecule has 1 fully saturated rings. The summed E-state index contributed by atoms with van der Waals surface area (Å²) in [5, 5.41) is 2.78. The quantitative estimate of drug-likeness (QED) is 0.915. The zero-order valence-electron chi connectivity index (χ0n) is 12.4. The van der Waals surface area contributed by atoms with Crippen LogP contribution in [0.5, 0.6) is 0 Å². The Labute approximate surface area is 120 Å². The molecular formula is C16H22N2O2. The number of nitrogens with one attached hydrogen (secondary N) is 1. The predicted octanol–water partition coefficient (Wildman–Crippen LogP) is 1.88. The van der Waals surface area contributed by atoms with E-state index in [-0.39, 0.29) is 11.8 Å². The normalized spacial score (nSPS) is 18.6. The number of amides is 2. The van der Waals surface area contributed by atoms with Crippen molar-refractivity contribution in [3.8, 4) is 0 Å². The zero-order chi connectivity index (χ0) is 14.8. The maximum atomic E-state index is 12.5. The summed E-state index contributed by atoms with van der Waals surface area (Å²) >= 11 is 0. The van der Waals surface area contributed by atoms with Crippen LogP contribution < -0.4 is 5.32 Å². The van der Waals surface area contributed by atoms with Crippen molar-refractivity contribution in [3.05, 3.63) is 35.4 Å². The van der Waals surface area contributed by atoms with Gasteiger partial charge in [0.05, 0.1) is 0 Å². The first-order valence-corrected chi connectivity index (χ1v) is 7.11. The lowest BCUT2D eigenvalue weighted by atomic mass is 10.0. The maximum absolute atomic E-state index is 12.5. The summed E-state index contributed by atoms with van der Waals surface area (Å²) in [5.41, 5.74) is 1.59. The third-order valence-corrected chi connectivity index (χ3v) is 3.74. The molecule has 1 aliphatic heterocycles. The summed E-state index contributed by atoms with van der Waals surface area (Å²) in [6.45, 7) is 6.68. The van der Waals surface area contributed by atoms with Crippen molar-refractivity contribution in [1.29, 1.82) is 0 Å². The molecule has 0 spiro atoms. The molecule has 1 aliphatic rings. The second-order valence-corrected chi connectivity index (χ2v) is 5.77. The minimum Gasteiger partial charge on any atom is -0.342 e.